The van der Waals surface area contributed by atoms with E-state index in [0.717, 1.165) is 22.6 Å². The highest BCUT2D eigenvalue weighted by atomic mass is 35.5. The van der Waals surface area contributed by atoms with Crippen LogP contribution in [0.4, 0.5) is 0 Å². The third-order valence-corrected chi connectivity index (χ3v) is 4.12. The largest absolute Gasteiger partial charge is 0.318 e. The lowest BCUT2D eigenvalue weighted by Gasteiger charge is -2.09. The molecule has 0 bridgehead atoms. The SMILES string of the molecule is Cc1cc(/C=N\NC(=O)c2ccncc2)c(C)n1-c1ccc(Cl)cc1. The van der Waals surface area contributed by atoms with E-state index in [4.69, 9.17) is 11.6 Å². The first-order chi connectivity index (χ1) is 12.1. The minimum Gasteiger partial charge on any atom is -0.318 e. The molecule has 0 fully saturated rings. The minimum absolute atomic E-state index is 0.273. The molecule has 2 heterocycles. The number of amides is 1. The van der Waals surface area contributed by atoms with Gasteiger partial charge in [-0.1, -0.05) is 11.6 Å². The number of hydrogen-bond donors (Lipinski definition) is 1. The van der Waals surface area contributed by atoms with Gasteiger partial charge in [0.1, 0.15) is 0 Å². The molecular formula is C19H17ClN4O. The van der Waals surface area contributed by atoms with Crippen molar-refractivity contribution < 1.29 is 4.79 Å². The number of hydrazone groups is 1. The zero-order valence-corrected chi connectivity index (χ0v) is 14.7. The quantitative estimate of drug-likeness (QED) is 0.571. The predicted molar refractivity (Wildman–Crippen MR) is 99.6 cm³/mol. The van der Waals surface area contributed by atoms with E-state index in [1.165, 1.54) is 0 Å². The van der Waals surface area contributed by atoms with Gasteiger partial charge in [0, 0.05) is 45.6 Å². The lowest BCUT2D eigenvalue weighted by atomic mass is 10.2. The number of aryl methyl sites for hydroxylation is 1. The smallest absolute Gasteiger partial charge is 0.271 e. The predicted octanol–water partition coefficient (Wildman–Crippen LogP) is 3.91. The van der Waals surface area contributed by atoms with Crippen molar-refractivity contribution in [1.82, 2.24) is 15.0 Å². The number of carbonyl (C=O) groups excluding carboxylic acids is 1. The lowest BCUT2D eigenvalue weighted by Crippen LogP contribution is -2.17. The van der Waals surface area contributed by atoms with Gasteiger partial charge in [0.25, 0.3) is 5.91 Å². The Morgan fingerprint density at radius 2 is 1.84 bits per heavy atom. The molecule has 0 atom stereocenters. The van der Waals surface area contributed by atoms with Gasteiger partial charge >= 0.3 is 0 Å². The molecule has 0 aliphatic rings. The molecule has 5 nitrogen and oxygen atoms in total. The van der Waals surface area contributed by atoms with E-state index in [2.05, 4.69) is 20.1 Å². The van der Waals surface area contributed by atoms with Crippen LogP contribution in [0.25, 0.3) is 5.69 Å². The number of carbonyl (C=O) groups is 1. The summed E-state index contributed by atoms with van der Waals surface area (Å²) >= 11 is 5.96. The monoisotopic (exact) mass is 352 g/mol. The Morgan fingerprint density at radius 3 is 2.52 bits per heavy atom. The zero-order chi connectivity index (χ0) is 17.8. The number of nitrogens with one attached hydrogen (secondary N) is 1. The van der Waals surface area contributed by atoms with Crippen LogP contribution >= 0.6 is 11.6 Å². The Labute approximate surface area is 151 Å². The number of pyridine rings is 1. The molecular weight excluding hydrogens is 336 g/mol. The van der Waals surface area contributed by atoms with E-state index in [1.807, 2.05) is 44.2 Å². The van der Waals surface area contributed by atoms with Crippen LogP contribution in [0.1, 0.15) is 27.3 Å². The summed E-state index contributed by atoms with van der Waals surface area (Å²) in [5.74, 6) is -0.273. The number of benzene rings is 1. The van der Waals surface area contributed by atoms with E-state index in [9.17, 15) is 4.79 Å². The van der Waals surface area contributed by atoms with Gasteiger partial charge in [-0.05, 0) is 56.3 Å². The van der Waals surface area contributed by atoms with Crippen LogP contribution in [-0.2, 0) is 0 Å². The van der Waals surface area contributed by atoms with Crippen LogP contribution in [0.15, 0.2) is 60.0 Å². The van der Waals surface area contributed by atoms with Gasteiger partial charge in [-0.2, -0.15) is 5.10 Å². The van der Waals surface area contributed by atoms with Gasteiger partial charge in [-0.3, -0.25) is 9.78 Å². The molecule has 25 heavy (non-hydrogen) atoms. The average molecular weight is 353 g/mol. The summed E-state index contributed by atoms with van der Waals surface area (Å²) in [6.45, 7) is 4.03. The maximum atomic E-state index is 12.0. The van der Waals surface area contributed by atoms with Crippen molar-refractivity contribution in [2.75, 3.05) is 0 Å². The molecule has 1 amide bonds. The Hall–Kier alpha value is -2.92. The molecule has 0 aliphatic heterocycles. The first-order valence-electron chi connectivity index (χ1n) is 7.74. The Kier molecular flexibility index (Phi) is 4.95. The number of aromatic nitrogens is 2. The van der Waals surface area contributed by atoms with Crippen LogP contribution in [0, 0.1) is 13.8 Å². The molecule has 0 radical (unpaired) electrons. The maximum absolute atomic E-state index is 12.0. The highest BCUT2D eigenvalue weighted by Gasteiger charge is 2.09. The van der Waals surface area contributed by atoms with E-state index in [0.29, 0.717) is 10.6 Å². The molecule has 0 aliphatic carbocycles. The molecule has 0 saturated heterocycles. The lowest BCUT2D eigenvalue weighted by molar-refractivity contribution is 0.0955. The Bertz CT molecular complexity index is 915. The molecule has 6 heteroatoms. The number of halogens is 1. The Morgan fingerprint density at radius 1 is 1.16 bits per heavy atom. The first-order valence-corrected chi connectivity index (χ1v) is 8.12. The fourth-order valence-corrected chi connectivity index (χ4v) is 2.76. The molecule has 2 aromatic heterocycles. The minimum atomic E-state index is -0.273. The summed E-state index contributed by atoms with van der Waals surface area (Å²) in [5.41, 5.74) is 7.10. The van der Waals surface area contributed by atoms with Crippen molar-refractivity contribution in [1.29, 1.82) is 0 Å². The Balaban J connectivity index is 1.79. The molecule has 0 saturated carbocycles. The normalized spacial score (nSPS) is 11.0. The van der Waals surface area contributed by atoms with Gasteiger partial charge < -0.3 is 4.57 Å². The molecule has 0 unspecified atom stereocenters. The van der Waals surface area contributed by atoms with Gasteiger partial charge in [-0.15, -0.1) is 0 Å². The second-order valence-electron chi connectivity index (χ2n) is 5.57. The van der Waals surface area contributed by atoms with Crippen LogP contribution in [0.5, 0.6) is 0 Å². The second kappa shape index (κ2) is 7.32. The maximum Gasteiger partial charge on any atom is 0.271 e. The topological polar surface area (TPSA) is 59.3 Å². The third-order valence-electron chi connectivity index (χ3n) is 3.87. The zero-order valence-electron chi connectivity index (χ0n) is 13.9. The van der Waals surface area contributed by atoms with Crippen molar-refractivity contribution >= 4 is 23.7 Å². The number of rotatable bonds is 4. The van der Waals surface area contributed by atoms with E-state index in [1.54, 1.807) is 30.7 Å². The van der Waals surface area contributed by atoms with Gasteiger partial charge in [0.05, 0.1) is 6.21 Å². The molecule has 126 valence electrons. The molecule has 1 N–H and O–H groups in total. The molecule has 3 rings (SSSR count). The molecule has 1 aromatic carbocycles. The van der Waals surface area contributed by atoms with Gasteiger partial charge in [-0.25, -0.2) is 5.43 Å². The second-order valence-corrected chi connectivity index (χ2v) is 6.01. The van der Waals surface area contributed by atoms with E-state index in [-0.39, 0.29) is 5.91 Å². The van der Waals surface area contributed by atoms with Crippen molar-refractivity contribution in [3.63, 3.8) is 0 Å². The molecule has 0 spiro atoms. The van der Waals surface area contributed by atoms with Gasteiger partial charge in [0.15, 0.2) is 0 Å². The fraction of sp³-hybridized carbons (Fsp3) is 0.105. The van der Waals surface area contributed by atoms with Crippen LogP contribution < -0.4 is 5.43 Å². The summed E-state index contributed by atoms with van der Waals surface area (Å²) in [4.78, 5) is 15.9. The first kappa shape index (κ1) is 16.9. The standard InChI is InChI=1S/C19H17ClN4O/c1-13-11-16(12-22-23-19(25)15-7-9-21-10-8-15)14(2)24(13)18-5-3-17(20)4-6-18/h3-12H,1-2H3,(H,23,25)/b22-12-. The fourth-order valence-electron chi connectivity index (χ4n) is 2.63. The summed E-state index contributed by atoms with van der Waals surface area (Å²) < 4.78 is 2.11. The number of nitrogens with zero attached hydrogens (tertiary/aromatic N) is 3. The van der Waals surface area contributed by atoms with Crippen LogP contribution in [0.3, 0.4) is 0 Å². The van der Waals surface area contributed by atoms with Crippen molar-refractivity contribution in [2.24, 2.45) is 5.10 Å². The van der Waals surface area contributed by atoms with Crippen molar-refractivity contribution in [3.8, 4) is 5.69 Å². The average Bonchev–Trinajstić information content (AvgIpc) is 2.90. The van der Waals surface area contributed by atoms with E-state index >= 15 is 0 Å². The third kappa shape index (κ3) is 3.78. The van der Waals surface area contributed by atoms with Crippen LogP contribution in [0.2, 0.25) is 5.02 Å². The van der Waals surface area contributed by atoms with Crippen molar-refractivity contribution in [3.05, 3.63) is 82.4 Å². The van der Waals surface area contributed by atoms with E-state index < -0.39 is 0 Å². The summed E-state index contributed by atoms with van der Waals surface area (Å²) in [6.07, 6.45) is 4.78. The summed E-state index contributed by atoms with van der Waals surface area (Å²) in [7, 11) is 0. The molecule has 3 aromatic rings. The highest BCUT2D eigenvalue weighted by Crippen LogP contribution is 2.21. The van der Waals surface area contributed by atoms with Crippen LogP contribution in [-0.4, -0.2) is 21.7 Å². The number of hydrogen-bond acceptors (Lipinski definition) is 3. The highest BCUT2D eigenvalue weighted by molar-refractivity contribution is 6.30. The van der Waals surface area contributed by atoms with Gasteiger partial charge in [0.2, 0.25) is 0 Å². The van der Waals surface area contributed by atoms with Crippen molar-refractivity contribution in [2.45, 2.75) is 13.8 Å². The summed E-state index contributed by atoms with van der Waals surface area (Å²) in [6, 6.07) is 12.9. The summed E-state index contributed by atoms with van der Waals surface area (Å²) in [5, 5.41) is 4.76.